The van der Waals surface area contributed by atoms with E-state index in [1.807, 2.05) is 30.3 Å². The molecule has 0 amide bonds. The zero-order valence-electron chi connectivity index (χ0n) is 17.5. The molecule has 5 heterocycles. The normalized spacial score (nSPS) is 29.1. The Morgan fingerprint density at radius 3 is 2.97 bits per heavy atom. The number of rotatable bonds is 5. The Bertz CT molecular complexity index is 1470. The van der Waals surface area contributed by atoms with Crippen molar-refractivity contribution in [2.24, 2.45) is 0 Å². The molecule has 3 unspecified atom stereocenters. The van der Waals surface area contributed by atoms with Crippen LogP contribution < -0.4 is 10.5 Å². The number of nitrogens with zero attached hydrogens (tertiary/aromatic N) is 4. The van der Waals surface area contributed by atoms with E-state index < -0.39 is 32.4 Å². The van der Waals surface area contributed by atoms with Crippen molar-refractivity contribution in [3.05, 3.63) is 58.6 Å². The van der Waals surface area contributed by atoms with Gasteiger partial charge in [0.2, 0.25) is 5.78 Å². The number of aliphatic hydroxyl groups is 1. The maximum absolute atomic E-state index is 13.0. The first-order valence-electron chi connectivity index (χ1n) is 10.5. The Kier molecular flexibility index (Phi) is 5.37. The van der Waals surface area contributed by atoms with Gasteiger partial charge in [0.15, 0.2) is 16.9 Å². The predicted molar refractivity (Wildman–Crippen MR) is 118 cm³/mol. The van der Waals surface area contributed by atoms with Crippen molar-refractivity contribution >= 4 is 36.5 Å². The van der Waals surface area contributed by atoms with Crippen LogP contribution in [0.4, 0.5) is 0 Å². The molecule has 34 heavy (non-hydrogen) atoms. The number of hydrogen-bond acceptors (Lipinski definition) is 10. The highest BCUT2D eigenvalue weighted by Gasteiger charge is 2.51. The minimum Gasteiger partial charge on any atom is -0.756 e. The number of phosphoric ester groups is 1. The fraction of sp³-hybridized carbons (Fsp3) is 0.350. The molecule has 2 aliphatic rings. The molecule has 14 heteroatoms. The third-order valence-corrected chi connectivity index (χ3v) is 7.77. The summed E-state index contributed by atoms with van der Waals surface area (Å²) in [7, 11) is -4.53. The standard InChI is InChI=1S/C20H20N5O7PS/c26-14-15-12(10-30-33(28,29)32-15)31-18(14)25-16-13(17(27)24-8-7-21-19(24)23-16)22-20(25)34-9-6-11-4-2-1-3-5-11/h1-5,7-8,12,14-15,18,26H,6,9-10H2,(H,21,23)(H,28,29)/p-1/t12?,14?,15-,18-/m1/s1. The summed E-state index contributed by atoms with van der Waals surface area (Å²) in [6.07, 6.45) is -0.585. The van der Waals surface area contributed by atoms with E-state index >= 15 is 0 Å². The zero-order valence-corrected chi connectivity index (χ0v) is 19.2. The summed E-state index contributed by atoms with van der Waals surface area (Å²) in [6, 6.07) is 9.92. The number of benzene rings is 1. The van der Waals surface area contributed by atoms with E-state index in [9.17, 15) is 19.4 Å². The van der Waals surface area contributed by atoms with Crippen LogP contribution in [0.15, 0.2) is 52.7 Å². The van der Waals surface area contributed by atoms with Gasteiger partial charge in [-0.05, 0) is 12.0 Å². The van der Waals surface area contributed by atoms with Gasteiger partial charge in [-0.1, -0.05) is 42.1 Å². The fourth-order valence-corrected chi connectivity index (χ4v) is 6.20. The second-order valence-electron chi connectivity index (χ2n) is 7.97. The first kappa shape index (κ1) is 22.0. The van der Waals surface area contributed by atoms with Gasteiger partial charge in [0.05, 0.1) is 6.61 Å². The van der Waals surface area contributed by atoms with Crippen LogP contribution in [0.1, 0.15) is 11.8 Å². The van der Waals surface area contributed by atoms with E-state index in [1.54, 1.807) is 4.57 Å². The Balaban J connectivity index is 1.41. The van der Waals surface area contributed by atoms with Gasteiger partial charge >= 0.3 is 0 Å². The van der Waals surface area contributed by atoms with E-state index in [0.29, 0.717) is 22.3 Å². The Hall–Kier alpha value is -2.51. The minimum absolute atomic E-state index is 0.144. The maximum Gasteiger partial charge on any atom is 0.287 e. The summed E-state index contributed by atoms with van der Waals surface area (Å²) < 4.78 is 30.4. The Morgan fingerprint density at radius 2 is 2.15 bits per heavy atom. The molecular weight excluding hydrogens is 485 g/mol. The molecule has 0 saturated carbocycles. The van der Waals surface area contributed by atoms with Crippen LogP contribution >= 0.6 is 19.6 Å². The molecule has 2 saturated heterocycles. The maximum atomic E-state index is 13.0. The van der Waals surface area contributed by atoms with Gasteiger partial charge in [0.25, 0.3) is 13.4 Å². The van der Waals surface area contributed by atoms with Crippen molar-refractivity contribution < 1.29 is 28.3 Å². The van der Waals surface area contributed by atoms with E-state index in [-0.39, 0.29) is 17.7 Å². The number of thioether (sulfide) groups is 1. The lowest BCUT2D eigenvalue weighted by molar-refractivity contribution is -0.245. The van der Waals surface area contributed by atoms with Crippen LogP contribution in [-0.2, 0) is 24.8 Å². The smallest absolute Gasteiger partial charge is 0.287 e. The summed E-state index contributed by atoms with van der Waals surface area (Å²) in [5, 5.41) is 11.4. The van der Waals surface area contributed by atoms with Crippen molar-refractivity contribution in [3.63, 3.8) is 0 Å². The second kappa shape index (κ2) is 8.31. The number of nitrogens with one attached hydrogen (secondary N) is 1. The van der Waals surface area contributed by atoms with Crippen molar-refractivity contribution in [2.45, 2.75) is 36.1 Å². The van der Waals surface area contributed by atoms with Gasteiger partial charge in [-0.25, -0.2) is 14.4 Å². The van der Waals surface area contributed by atoms with Crippen LogP contribution in [-0.4, -0.2) is 59.7 Å². The van der Waals surface area contributed by atoms with Crippen molar-refractivity contribution in [3.8, 4) is 0 Å². The van der Waals surface area contributed by atoms with Gasteiger partial charge in [0.1, 0.15) is 24.0 Å². The lowest BCUT2D eigenvalue weighted by Gasteiger charge is -2.34. The molecule has 2 fully saturated rings. The summed E-state index contributed by atoms with van der Waals surface area (Å²) in [4.78, 5) is 36.6. The summed E-state index contributed by atoms with van der Waals surface area (Å²) in [6.45, 7) is -0.275. The molecule has 6 rings (SSSR count). The van der Waals surface area contributed by atoms with E-state index in [0.717, 1.165) is 12.0 Å². The van der Waals surface area contributed by atoms with Crippen molar-refractivity contribution in [1.82, 2.24) is 23.9 Å². The quantitative estimate of drug-likeness (QED) is 0.295. The van der Waals surface area contributed by atoms with Crippen LogP contribution in [0.5, 0.6) is 0 Å². The third kappa shape index (κ3) is 3.69. The van der Waals surface area contributed by atoms with Gasteiger partial charge < -0.3 is 28.8 Å². The van der Waals surface area contributed by atoms with Crippen LogP contribution in [0.3, 0.4) is 0 Å². The first-order valence-corrected chi connectivity index (χ1v) is 13.0. The number of ether oxygens (including phenoxy) is 1. The summed E-state index contributed by atoms with van der Waals surface area (Å²) in [5.74, 6) is 0.942. The summed E-state index contributed by atoms with van der Waals surface area (Å²) in [5.41, 5.74) is 1.22. The lowest BCUT2D eigenvalue weighted by Crippen LogP contribution is -2.41. The number of aliphatic hydroxyl groups excluding tert-OH is 1. The lowest BCUT2D eigenvalue weighted by atomic mass is 10.1. The average Bonchev–Trinajstić information content (AvgIpc) is 3.51. The number of aryl methyl sites for hydroxylation is 1. The molecule has 0 spiro atoms. The third-order valence-electron chi connectivity index (χ3n) is 5.85. The van der Waals surface area contributed by atoms with E-state index in [2.05, 4.69) is 15.0 Å². The van der Waals surface area contributed by atoms with E-state index in [1.165, 1.54) is 28.6 Å². The number of hydrogen-bond donors (Lipinski definition) is 2. The first-order chi connectivity index (χ1) is 16.4. The van der Waals surface area contributed by atoms with Crippen LogP contribution in [0, 0.1) is 0 Å². The number of imidazole rings is 2. The highest BCUT2D eigenvalue weighted by atomic mass is 32.2. The number of H-pyrrole nitrogens is 1. The molecule has 12 nitrogen and oxygen atoms in total. The molecule has 178 valence electrons. The molecule has 2 N–H and O–H groups in total. The number of aromatic nitrogens is 5. The monoisotopic (exact) mass is 504 g/mol. The van der Waals surface area contributed by atoms with Gasteiger partial charge in [-0.2, -0.15) is 0 Å². The van der Waals surface area contributed by atoms with Crippen LogP contribution in [0.2, 0.25) is 0 Å². The Labute approximate surface area is 196 Å². The molecule has 0 aliphatic carbocycles. The highest BCUT2D eigenvalue weighted by Crippen LogP contribution is 2.50. The largest absolute Gasteiger partial charge is 0.756 e. The average molecular weight is 504 g/mol. The van der Waals surface area contributed by atoms with Crippen molar-refractivity contribution in [2.75, 3.05) is 12.4 Å². The van der Waals surface area contributed by atoms with E-state index in [4.69, 9.17) is 13.8 Å². The SMILES string of the molecule is O=c1c2nc(SCCc3ccccc3)n([C@@H]3OC4COP(=O)([O-])O[C@H]4C3O)c2[nH]c2nccn12. The molecule has 5 atom stereocenters. The molecular formula is C20H19N5O7PS-. The summed E-state index contributed by atoms with van der Waals surface area (Å²) >= 11 is 1.39. The van der Waals surface area contributed by atoms with Gasteiger partial charge in [0, 0.05) is 18.1 Å². The molecule has 0 radical (unpaired) electrons. The van der Waals surface area contributed by atoms with Crippen molar-refractivity contribution in [1.29, 1.82) is 0 Å². The Morgan fingerprint density at radius 1 is 1.32 bits per heavy atom. The van der Waals surface area contributed by atoms with Crippen LogP contribution in [0.25, 0.3) is 16.9 Å². The fourth-order valence-electron chi connectivity index (χ4n) is 4.24. The highest BCUT2D eigenvalue weighted by molar-refractivity contribution is 7.99. The number of aromatic amines is 1. The minimum atomic E-state index is -4.53. The van der Waals surface area contributed by atoms with Gasteiger partial charge in [-0.15, -0.1) is 0 Å². The topological polar surface area (TPSA) is 156 Å². The molecule has 2 aliphatic heterocycles. The number of phosphoric acid groups is 1. The molecule has 1 aromatic carbocycles. The second-order valence-corrected chi connectivity index (χ2v) is 10.4. The van der Waals surface area contributed by atoms with Gasteiger partial charge in [-0.3, -0.25) is 13.9 Å². The molecule has 0 bridgehead atoms. The molecule has 3 aromatic heterocycles. The predicted octanol–water partition coefficient (Wildman–Crippen LogP) is 0.849. The number of fused-ring (bicyclic) bond motifs is 3. The molecule has 4 aromatic rings. The zero-order chi connectivity index (χ0) is 23.4.